The predicted molar refractivity (Wildman–Crippen MR) is 76.1 cm³/mol. The van der Waals surface area contributed by atoms with E-state index in [0.717, 1.165) is 16.7 Å². The normalized spacial score (nSPS) is 12.4. The van der Waals surface area contributed by atoms with E-state index in [9.17, 15) is 4.79 Å². The van der Waals surface area contributed by atoms with Gasteiger partial charge in [-0.2, -0.15) is 0 Å². The fourth-order valence-electron chi connectivity index (χ4n) is 2.17. The molecule has 2 N–H and O–H groups in total. The number of aromatic nitrogens is 2. The molecular weight excluding hydrogens is 238 g/mol. The van der Waals surface area contributed by atoms with Crippen molar-refractivity contribution in [1.29, 1.82) is 0 Å². The molecule has 19 heavy (non-hydrogen) atoms. The fourth-order valence-corrected chi connectivity index (χ4v) is 2.17. The number of nitrogens with zero attached hydrogens (tertiary/aromatic N) is 2. The number of benzene rings is 1. The highest BCUT2D eigenvalue weighted by Crippen LogP contribution is 2.18. The minimum absolute atomic E-state index is 0.207. The van der Waals surface area contributed by atoms with Gasteiger partial charge in [0, 0.05) is 25.0 Å². The molecule has 1 atom stereocenters. The van der Waals surface area contributed by atoms with Crippen LogP contribution in [-0.4, -0.2) is 9.55 Å². The molecule has 0 aliphatic rings. The van der Waals surface area contributed by atoms with Gasteiger partial charge in [-0.25, -0.2) is 9.78 Å². The lowest BCUT2D eigenvalue weighted by Crippen LogP contribution is -2.28. The lowest BCUT2D eigenvalue weighted by atomic mass is 9.99. The van der Waals surface area contributed by atoms with Gasteiger partial charge in [0.1, 0.15) is 0 Å². The van der Waals surface area contributed by atoms with Crippen LogP contribution in [0.15, 0.2) is 35.4 Å². The number of hydrogen-bond donors (Lipinski definition) is 1. The van der Waals surface area contributed by atoms with Crippen molar-refractivity contribution in [3.63, 3.8) is 0 Å². The lowest BCUT2D eigenvalue weighted by Gasteiger charge is -2.17. The first-order chi connectivity index (χ1) is 8.97. The average molecular weight is 257 g/mol. The zero-order valence-corrected chi connectivity index (χ0v) is 11.6. The second-order valence-corrected chi connectivity index (χ2v) is 5.03. The topological polar surface area (TPSA) is 60.9 Å². The number of rotatable bonds is 3. The lowest BCUT2D eigenvalue weighted by molar-refractivity contribution is 0.547. The van der Waals surface area contributed by atoms with Crippen LogP contribution < -0.4 is 11.4 Å². The molecule has 4 heteroatoms. The minimum atomic E-state index is -0.258. The van der Waals surface area contributed by atoms with Crippen molar-refractivity contribution in [2.24, 2.45) is 5.73 Å². The maximum Gasteiger partial charge on any atom is 0.347 e. The monoisotopic (exact) mass is 257 g/mol. The molecule has 0 aliphatic heterocycles. The highest BCUT2D eigenvalue weighted by atomic mass is 16.1. The number of nitrogens with two attached hydrogens (primary N) is 1. The Kier molecular flexibility index (Phi) is 3.81. The largest absolute Gasteiger partial charge is 0.347 e. The van der Waals surface area contributed by atoms with E-state index in [0.29, 0.717) is 6.54 Å². The molecule has 0 spiro atoms. The summed E-state index contributed by atoms with van der Waals surface area (Å²) in [4.78, 5) is 15.5. The summed E-state index contributed by atoms with van der Waals surface area (Å²) in [7, 11) is 0. The molecule has 100 valence electrons. The molecule has 0 saturated heterocycles. The molecule has 0 aliphatic carbocycles. The van der Waals surface area contributed by atoms with Crippen LogP contribution in [0.1, 0.15) is 28.3 Å². The van der Waals surface area contributed by atoms with E-state index < -0.39 is 0 Å². The Morgan fingerprint density at radius 1 is 1.26 bits per heavy atom. The van der Waals surface area contributed by atoms with Crippen molar-refractivity contribution in [1.82, 2.24) is 9.55 Å². The first kappa shape index (κ1) is 13.5. The van der Waals surface area contributed by atoms with Gasteiger partial charge in [-0.1, -0.05) is 23.8 Å². The SMILES string of the molecule is Cc1ccc(C)c(C(N)Cn2cc(C)cnc2=O)c1. The Bertz CT molecular complexity index is 646. The summed E-state index contributed by atoms with van der Waals surface area (Å²) >= 11 is 0. The van der Waals surface area contributed by atoms with E-state index >= 15 is 0 Å². The van der Waals surface area contributed by atoms with E-state index in [2.05, 4.69) is 23.2 Å². The van der Waals surface area contributed by atoms with Gasteiger partial charge in [-0.05, 0) is 37.5 Å². The highest BCUT2D eigenvalue weighted by molar-refractivity contribution is 5.32. The summed E-state index contributed by atoms with van der Waals surface area (Å²) in [5.74, 6) is 0. The summed E-state index contributed by atoms with van der Waals surface area (Å²) < 4.78 is 1.57. The van der Waals surface area contributed by atoms with E-state index in [1.54, 1.807) is 17.0 Å². The third kappa shape index (κ3) is 3.09. The predicted octanol–water partition coefficient (Wildman–Crippen LogP) is 1.87. The van der Waals surface area contributed by atoms with Gasteiger partial charge in [0.2, 0.25) is 0 Å². The second-order valence-electron chi connectivity index (χ2n) is 5.03. The second kappa shape index (κ2) is 5.36. The van der Waals surface area contributed by atoms with Crippen LogP contribution in [0.5, 0.6) is 0 Å². The van der Waals surface area contributed by atoms with Crippen LogP contribution in [0.25, 0.3) is 0 Å². The van der Waals surface area contributed by atoms with Crippen LogP contribution in [0.4, 0.5) is 0 Å². The summed E-state index contributed by atoms with van der Waals surface area (Å²) in [6.07, 6.45) is 3.36. The van der Waals surface area contributed by atoms with Crippen molar-refractivity contribution >= 4 is 0 Å². The van der Waals surface area contributed by atoms with Gasteiger partial charge >= 0.3 is 5.69 Å². The van der Waals surface area contributed by atoms with Crippen molar-refractivity contribution in [3.05, 3.63) is 63.3 Å². The summed E-state index contributed by atoms with van der Waals surface area (Å²) in [6, 6.07) is 5.99. The van der Waals surface area contributed by atoms with E-state index in [1.165, 1.54) is 5.56 Å². The van der Waals surface area contributed by atoms with Gasteiger partial charge < -0.3 is 5.73 Å². The molecular formula is C15H19N3O. The maximum absolute atomic E-state index is 11.7. The first-order valence-electron chi connectivity index (χ1n) is 6.33. The Labute approximate surface area is 112 Å². The van der Waals surface area contributed by atoms with Crippen LogP contribution in [0.2, 0.25) is 0 Å². The molecule has 1 aromatic carbocycles. The van der Waals surface area contributed by atoms with Gasteiger partial charge in [0.25, 0.3) is 0 Å². The highest BCUT2D eigenvalue weighted by Gasteiger charge is 2.11. The standard InChI is InChI=1S/C15H19N3O/c1-10-4-5-12(3)13(6-10)14(16)9-18-8-11(2)7-17-15(18)19/h4-8,14H,9,16H2,1-3H3. The number of aryl methyl sites for hydroxylation is 3. The molecule has 0 saturated carbocycles. The van der Waals surface area contributed by atoms with E-state index in [1.807, 2.05) is 20.8 Å². The van der Waals surface area contributed by atoms with Crippen LogP contribution in [0.3, 0.4) is 0 Å². The van der Waals surface area contributed by atoms with Crippen molar-refractivity contribution in [2.45, 2.75) is 33.4 Å². The quantitative estimate of drug-likeness (QED) is 0.913. The van der Waals surface area contributed by atoms with Crippen LogP contribution >= 0.6 is 0 Å². The summed E-state index contributed by atoms with van der Waals surface area (Å²) in [5, 5.41) is 0. The van der Waals surface area contributed by atoms with Crippen LogP contribution in [0, 0.1) is 20.8 Å². The molecule has 0 fully saturated rings. The van der Waals surface area contributed by atoms with Gasteiger partial charge in [0.05, 0.1) is 0 Å². The molecule has 1 unspecified atom stereocenters. The third-order valence-electron chi connectivity index (χ3n) is 3.21. The summed E-state index contributed by atoms with van der Waals surface area (Å²) in [6.45, 7) is 6.42. The Hall–Kier alpha value is -1.94. The smallest absolute Gasteiger partial charge is 0.322 e. The molecule has 2 aromatic rings. The van der Waals surface area contributed by atoms with Gasteiger partial charge in [-0.15, -0.1) is 0 Å². The van der Waals surface area contributed by atoms with E-state index in [-0.39, 0.29) is 11.7 Å². The van der Waals surface area contributed by atoms with Crippen LogP contribution in [-0.2, 0) is 6.54 Å². The Balaban J connectivity index is 2.30. The molecule has 0 amide bonds. The van der Waals surface area contributed by atoms with Crippen molar-refractivity contribution in [2.75, 3.05) is 0 Å². The molecule has 1 heterocycles. The molecule has 4 nitrogen and oxygen atoms in total. The fraction of sp³-hybridized carbons (Fsp3) is 0.333. The first-order valence-corrected chi connectivity index (χ1v) is 6.33. The van der Waals surface area contributed by atoms with Gasteiger partial charge in [-0.3, -0.25) is 4.57 Å². The molecule has 0 bridgehead atoms. The third-order valence-corrected chi connectivity index (χ3v) is 3.21. The summed E-state index contributed by atoms with van der Waals surface area (Å²) in [5.41, 5.74) is 10.3. The Morgan fingerprint density at radius 2 is 2.00 bits per heavy atom. The molecule has 2 rings (SSSR count). The van der Waals surface area contributed by atoms with Crippen molar-refractivity contribution in [3.8, 4) is 0 Å². The zero-order valence-electron chi connectivity index (χ0n) is 11.6. The maximum atomic E-state index is 11.7. The van der Waals surface area contributed by atoms with E-state index in [4.69, 9.17) is 5.73 Å². The molecule has 0 radical (unpaired) electrons. The minimum Gasteiger partial charge on any atom is -0.322 e. The molecule has 1 aromatic heterocycles. The zero-order chi connectivity index (χ0) is 14.0. The van der Waals surface area contributed by atoms with Gasteiger partial charge in [0.15, 0.2) is 0 Å². The number of hydrogen-bond acceptors (Lipinski definition) is 3. The Morgan fingerprint density at radius 3 is 2.74 bits per heavy atom. The average Bonchev–Trinajstić information content (AvgIpc) is 2.36. The van der Waals surface area contributed by atoms with Crippen molar-refractivity contribution < 1.29 is 0 Å².